The van der Waals surface area contributed by atoms with E-state index >= 15 is 0 Å². The molecule has 1 aromatic rings. The lowest BCUT2D eigenvalue weighted by atomic mass is 9.94. The molecule has 1 aliphatic carbocycles. The second-order valence-electron chi connectivity index (χ2n) is 6.74. The molecule has 5 nitrogen and oxygen atoms in total. The van der Waals surface area contributed by atoms with Gasteiger partial charge in [0, 0.05) is 6.42 Å². The lowest BCUT2D eigenvalue weighted by molar-refractivity contribution is -0.231. The van der Waals surface area contributed by atoms with E-state index in [0.29, 0.717) is 0 Å². The fourth-order valence-electron chi connectivity index (χ4n) is 3.64. The number of alkyl halides is 1. The van der Waals surface area contributed by atoms with E-state index in [9.17, 15) is 9.18 Å². The Bertz CT molecular complexity index is 619. The van der Waals surface area contributed by atoms with E-state index in [1.54, 1.807) is 13.8 Å². The van der Waals surface area contributed by atoms with E-state index in [4.69, 9.17) is 18.9 Å². The molecular weight excluding hydrogens is 303 g/mol. The topological polar surface area (TPSA) is 54.0 Å². The number of hydrogen-bond donors (Lipinski definition) is 0. The van der Waals surface area contributed by atoms with Crippen LogP contribution in [0.5, 0.6) is 0 Å². The van der Waals surface area contributed by atoms with Crippen molar-refractivity contribution in [1.82, 2.24) is 0 Å². The Morgan fingerprint density at radius 1 is 1.26 bits per heavy atom. The molecule has 5 atom stereocenters. The molecule has 2 heterocycles. The van der Waals surface area contributed by atoms with Gasteiger partial charge in [0.05, 0.1) is 6.61 Å². The van der Waals surface area contributed by atoms with Crippen LogP contribution in [0, 0.1) is 0 Å². The molecular formula is C17H19FO5. The number of carbonyl (C=O) groups is 1. The summed E-state index contributed by atoms with van der Waals surface area (Å²) in [6.07, 6.45) is -3.96. The van der Waals surface area contributed by atoms with Gasteiger partial charge in [-0.2, -0.15) is 0 Å². The molecule has 2 unspecified atom stereocenters. The van der Waals surface area contributed by atoms with Crippen LogP contribution in [0.15, 0.2) is 30.3 Å². The zero-order valence-corrected chi connectivity index (χ0v) is 13.0. The van der Waals surface area contributed by atoms with E-state index in [1.807, 2.05) is 30.3 Å². The molecule has 124 valence electrons. The largest absolute Gasteiger partial charge is 0.364 e. The molecule has 1 aromatic carbocycles. The van der Waals surface area contributed by atoms with Crippen molar-refractivity contribution in [2.45, 2.75) is 62.9 Å². The van der Waals surface area contributed by atoms with Gasteiger partial charge in [-0.1, -0.05) is 30.3 Å². The minimum absolute atomic E-state index is 0.0655. The highest BCUT2D eigenvalue weighted by Crippen LogP contribution is 2.51. The summed E-state index contributed by atoms with van der Waals surface area (Å²) < 4.78 is 37.3. The number of halogens is 1. The highest BCUT2D eigenvalue weighted by atomic mass is 19.1. The number of ketones is 1. The number of rotatable bonds is 3. The van der Waals surface area contributed by atoms with Crippen molar-refractivity contribution in [3.8, 4) is 0 Å². The average Bonchev–Trinajstić information content (AvgIpc) is 3.05. The van der Waals surface area contributed by atoms with Crippen LogP contribution < -0.4 is 0 Å². The molecule has 0 amide bonds. The van der Waals surface area contributed by atoms with E-state index in [2.05, 4.69) is 0 Å². The maximum atomic E-state index is 14.1. The summed E-state index contributed by atoms with van der Waals surface area (Å²) in [6, 6.07) is 9.54. The summed E-state index contributed by atoms with van der Waals surface area (Å²) >= 11 is 0. The van der Waals surface area contributed by atoms with Crippen molar-refractivity contribution < 1.29 is 28.1 Å². The van der Waals surface area contributed by atoms with Gasteiger partial charge in [-0.05, 0) is 19.4 Å². The summed E-state index contributed by atoms with van der Waals surface area (Å²) in [5.41, 5.74) is -0.192. The number of benzene rings is 1. The molecule has 6 heteroatoms. The van der Waals surface area contributed by atoms with E-state index in [-0.39, 0.29) is 13.0 Å². The van der Waals surface area contributed by atoms with Crippen LogP contribution in [0.1, 0.15) is 25.8 Å². The van der Waals surface area contributed by atoms with Crippen LogP contribution in [0.4, 0.5) is 4.39 Å². The Hall–Kier alpha value is -1.34. The highest BCUT2D eigenvalue weighted by Gasteiger charge is 2.71. The number of carbonyl (C=O) groups excluding carboxylic acids is 1. The average molecular weight is 322 g/mol. The molecule has 1 saturated carbocycles. The van der Waals surface area contributed by atoms with Gasteiger partial charge in [-0.15, -0.1) is 0 Å². The first kappa shape index (κ1) is 15.2. The van der Waals surface area contributed by atoms with Crippen molar-refractivity contribution in [2.24, 2.45) is 0 Å². The number of hydrogen-bond acceptors (Lipinski definition) is 5. The molecule has 0 aromatic heterocycles. The normalized spacial score (nSPS) is 41.1. The predicted molar refractivity (Wildman–Crippen MR) is 77.2 cm³/mol. The fourth-order valence-corrected chi connectivity index (χ4v) is 3.64. The third-order valence-electron chi connectivity index (χ3n) is 4.67. The van der Waals surface area contributed by atoms with Crippen LogP contribution in [0.2, 0.25) is 0 Å². The van der Waals surface area contributed by atoms with E-state index in [0.717, 1.165) is 5.56 Å². The Balaban J connectivity index is 1.62. The Morgan fingerprint density at radius 2 is 2.00 bits per heavy atom. The van der Waals surface area contributed by atoms with Crippen LogP contribution >= 0.6 is 0 Å². The molecule has 0 N–H and O–H groups in total. The van der Waals surface area contributed by atoms with E-state index < -0.39 is 41.8 Å². The maximum absolute atomic E-state index is 14.1. The van der Waals surface area contributed by atoms with Crippen molar-refractivity contribution in [3.05, 3.63) is 35.9 Å². The second kappa shape index (κ2) is 5.08. The summed E-state index contributed by atoms with van der Waals surface area (Å²) in [7, 11) is 0. The Labute approximate surface area is 133 Å². The molecule has 2 saturated heterocycles. The minimum Gasteiger partial charge on any atom is -0.364 e. The standard InChI is InChI=1S/C17H19FO5/c1-16(2)22-14-15(23-16)21-13-12(19)11(18)8-17(13,14)20-9-10-6-4-3-5-7-10/h3-7,11,13-15H,8-9H2,1-2H3/t11?,13-,14+,15-,17?/m1/s1. The van der Waals surface area contributed by atoms with Gasteiger partial charge in [0.2, 0.25) is 0 Å². The van der Waals surface area contributed by atoms with Crippen LogP contribution in [-0.2, 0) is 30.3 Å². The Kier molecular flexibility index (Phi) is 3.36. The molecule has 0 spiro atoms. The SMILES string of the molecule is CC1(C)O[C@H]2O[C@@H]3C(=O)C(F)CC3(OCc3ccccc3)[C@H]2O1. The van der Waals surface area contributed by atoms with Gasteiger partial charge in [-0.3, -0.25) is 4.79 Å². The zero-order chi connectivity index (χ0) is 16.2. The molecule has 0 radical (unpaired) electrons. The quantitative estimate of drug-likeness (QED) is 0.853. The summed E-state index contributed by atoms with van der Waals surface area (Å²) in [5.74, 6) is -1.43. The summed E-state index contributed by atoms with van der Waals surface area (Å²) in [6.45, 7) is 3.78. The van der Waals surface area contributed by atoms with Gasteiger partial charge in [-0.25, -0.2) is 4.39 Å². The molecule has 23 heavy (non-hydrogen) atoms. The summed E-state index contributed by atoms with van der Waals surface area (Å²) in [4.78, 5) is 12.1. The van der Waals surface area contributed by atoms with Gasteiger partial charge in [0.1, 0.15) is 11.7 Å². The minimum atomic E-state index is -1.59. The third kappa shape index (κ3) is 2.32. The van der Waals surface area contributed by atoms with Crippen LogP contribution in [-0.4, -0.2) is 41.8 Å². The summed E-state index contributed by atoms with van der Waals surface area (Å²) in [5, 5.41) is 0. The van der Waals surface area contributed by atoms with Gasteiger partial charge in [0.25, 0.3) is 0 Å². The van der Waals surface area contributed by atoms with Crippen LogP contribution in [0.3, 0.4) is 0 Å². The zero-order valence-electron chi connectivity index (χ0n) is 13.0. The number of fused-ring (bicyclic) bond motifs is 3. The van der Waals surface area contributed by atoms with Crippen LogP contribution in [0.25, 0.3) is 0 Å². The predicted octanol–water partition coefficient (Wildman–Crippen LogP) is 2.13. The smallest absolute Gasteiger partial charge is 0.198 e. The third-order valence-corrected chi connectivity index (χ3v) is 4.67. The van der Waals surface area contributed by atoms with Crippen molar-refractivity contribution in [3.63, 3.8) is 0 Å². The van der Waals surface area contributed by atoms with Gasteiger partial charge in [0.15, 0.2) is 30.1 Å². The maximum Gasteiger partial charge on any atom is 0.198 e. The van der Waals surface area contributed by atoms with Gasteiger partial charge >= 0.3 is 0 Å². The second-order valence-corrected chi connectivity index (χ2v) is 6.74. The highest BCUT2D eigenvalue weighted by molar-refractivity contribution is 5.92. The lowest BCUT2D eigenvalue weighted by Gasteiger charge is -2.32. The first-order valence-corrected chi connectivity index (χ1v) is 7.78. The van der Waals surface area contributed by atoms with Crippen molar-refractivity contribution in [2.75, 3.05) is 0 Å². The van der Waals surface area contributed by atoms with Crippen molar-refractivity contribution in [1.29, 1.82) is 0 Å². The molecule has 4 rings (SSSR count). The van der Waals surface area contributed by atoms with Gasteiger partial charge < -0.3 is 18.9 Å². The molecule has 0 bridgehead atoms. The van der Waals surface area contributed by atoms with E-state index in [1.165, 1.54) is 0 Å². The fraction of sp³-hybridized carbons (Fsp3) is 0.588. The van der Waals surface area contributed by atoms with Crippen molar-refractivity contribution >= 4 is 5.78 Å². The lowest BCUT2D eigenvalue weighted by Crippen LogP contribution is -2.49. The first-order valence-electron chi connectivity index (χ1n) is 7.78. The molecule has 2 aliphatic heterocycles. The number of ether oxygens (including phenoxy) is 4. The molecule has 3 aliphatic rings. The Morgan fingerprint density at radius 3 is 2.74 bits per heavy atom. The molecule has 3 fully saturated rings. The first-order chi connectivity index (χ1) is 10.9. The monoisotopic (exact) mass is 322 g/mol. The number of Topliss-reactive ketones (excluding diaryl/α,β-unsaturated/α-hetero) is 1.